The molecule has 1 amide bonds. The minimum atomic E-state index is -0.404. The summed E-state index contributed by atoms with van der Waals surface area (Å²) in [4.78, 5) is 15.7. The van der Waals surface area contributed by atoms with Crippen LogP contribution in [0.1, 0.15) is 21.6 Å². The molecule has 21 heavy (non-hydrogen) atoms. The molecular formula is C14H11ClN4O2. The Kier molecular flexibility index (Phi) is 5.00. The van der Waals surface area contributed by atoms with Gasteiger partial charge in [-0.2, -0.15) is 5.10 Å². The molecule has 7 heteroatoms. The van der Waals surface area contributed by atoms with Gasteiger partial charge in [0.2, 0.25) is 0 Å². The summed E-state index contributed by atoms with van der Waals surface area (Å²) in [6.07, 6.45) is 3.98. The molecule has 1 aromatic heterocycles. The number of nitrogens with one attached hydrogen (secondary N) is 1. The van der Waals surface area contributed by atoms with E-state index in [1.54, 1.807) is 30.3 Å². The summed E-state index contributed by atoms with van der Waals surface area (Å²) in [5.41, 5.74) is 3.85. The van der Waals surface area contributed by atoms with Crippen molar-refractivity contribution in [2.24, 2.45) is 10.3 Å². The van der Waals surface area contributed by atoms with Gasteiger partial charge in [0.15, 0.2) is 0 Å². The number of carbonyl (C=O) groups is 1. The van der Waals surface area contributed by atoms with Crippen LogP contribution in [-0.4, -0.2) is 28.5 Å². The average Bonchev–Trinajstić information content (AvgIpc) is 2.50. The third-order valence-electron chi connectivity index (χ3n) is 2.51. The molecule has 0 spiro atoms. The first kappa shape index (κ1) is 14.7. The lowest BCUT2D eigenvalue weighted by molar-refractivity contribution is 0.0955. The highest BCUT2D eigenvalue weighted by atomic mass is 35.5. The molecule has 0 aliphatic rings. The Balaban J connectivity index is 2.00. The van der Waals surface area contributed by atoms with Gasteiger partial charge in [-0.05, 0) is 18.2 Å². The maximum atomic E-state index is 11.8. The molecule has 6 nitrogen and oxygen atoms in total. The minimum absolute atomic E-state index is 0.335. The fraction of sp³-hybridized carbons (Fsp3) is 0. The second kappa shape index (κ2) is 7.16. The molecule has 2 rings (SSSR count). The smallest absolute Gasteiger partial charge is 0.272 e. The third-order valence-corrected chi connectivity index (χ3v) is 2.86. The van der Waals surface area contributed by atoms with Crippen molar-refractivity contribution in [3.63, 3.8) is 0 Å². The number of hydrogen-bond acceptors (Lipinski definition) is 5. The zero-order valence-electron chi connectivity index (χ0n) is 10.8. The van der Waals surface area contributed by atoms with E-state index in [1.165, 1.54) is 12.4 Å². The quantitative estimate of drug-likeness (QED) is 0.516. The lowest BCUT2D eigenvalue weighted by Crippen LogP contribution is -2.17. The van der Waals surface area contributed by atoms with Crippen LogP contribution in [0.25, 0.3) is 0 Å². The van der Waals surface area contributed by atoms with E-state index in [0.717, 1.165) is 6.21 Å². The molecule has 0 fully saturated rings. The maximum absolute atomic E-state index is 11.8. The lowest BCUT2D eigenvalue weighted by atomic mass is 10.2. The Bertz CT molecular complexity index is 684. The first-order chi connectivity index (χ1) is 10.2. The normalized spacial score (nSPS) is 11.1. The number of nitrogens with zero attached hydrogens (tertiary/aromatic N) is 3. The molecule has 2 aromatic rings. The number of benzene rings is 1. The highest BCUT2D eigenvalue weighted by molar-refractivity contribution is 6.33. The van der Waals surface area contributed by atoms with Crippen LogP contribution in [0.2, 0.25) is 5.02 Å². The van der Waals surface area contributed by atoms with Gasteiger partial charge in [-0.25, -0.2) is 5.43 Å². The van der Waals surface area contributed by atoms with Gasteiger partial charge in [-0.1, -0.05) is 35.0 Å². The van der Waals surface area contributed by atoms with Gasteiger partial charge in [0.25, 0.3) is 5.91 Å². The summed E-state index contributed by atoms with van der Waals surface area (Å²) < 4.78 is 0. The minimum Gasteiger partial charge on any atom is -0.411 e. The number of hydrazone groups is 1. The van der Waals surface area contributed by atoms with E-state index in [0.29, 0.717) is 21.8 Å². The fourth-order valence-corrected chi connectivity index (χ4v) is 1.66. The van der Waals surface area contributed by atoms with Crippen LogP contribution in [0.5, 0.6) is 0 Å². The van der Waals surface area contributed by atoms with E-state index in [2.05, 4.69) is 20.7 Å². The molecule has 0 saturated heterocycles. The van der Waals surface area contributed by atoms with Crippen LogP contribution in [0.4, 0.5) is 0 Å². The Labute approximate surface area is 125 Å². The van der Waals surface area contributed by atoms with Crippen LogP contribution in [0.3, 0.4) is 0 Å². The first-order valence-corrected chi connectivity index (χ1v) is 6.30. The van der Waals surface area contributed by atoms with E-state index < -0.39 is 5.91 Å². The molecule has 1 heterocycles. The number of halogens is 1. The first-order valence-electron chi connectivity index (χ1n) is 5.92. The summed E-state index contributed by atoms with van der Waals surface area (Å²) >= 11 is 5.96. The van der Waals surface area contributed by atoms with Crippen LogP contribution in [0.15, 0.2) is 52.9 Å². The van der Waals surface area contributed by atoms with Crippen molar-refractivity contribution in [1.82, 2.24) is 10.4 Å². The van der Waals surface area contributed by atoms with E-state index in [4.69, 9.17) is 16.8 Å². The van der Waals surface area contributed by atoms with Crippen molar-refractivity contribution in [3.8, 4) is 0 Å². The lowest BCUT2D eigenvalue weighted by Gasteiger charge is -2.00. The monoisotopic (exact) mass is 302 g/mol. The fourth-order valence-electron chi connectivity index (χ4n) is 1.48. The highest BCUT2D eigenvalue weighted by Crippen LogP contribution is 2.12. The second-order valence-electron chi connectivity index (χ2n) is 3.94. The zero-order valence-corrected chi connectivity index (χ0v) is 11.5. The van der Waals surface area contributed by atoms with Gasteiger partial charge in [0.05, 0.1) is 23.7 Å². The number of amides is 1. The van der Waals surface area contributed by atoms with Gasteiger partial charge < -0.3 is 5.21 Å². The van der Waals surface area contributed by atoms with E-state index in [-0.39, 0.29) is 0 Å². The number of aromatic nitrogens is 1. The van der Waals surface area contributed by atoms with Crippen molar-refractivity contribution < 1.29 is 10.0 Å². The highest BCUT2D eigenvalue weighted by Gasteiger charge is 2.04. The zero-order chi connectivity index (χ0) is 15.1. The Hall–Kier alpha value is -2.73. The van der Waals surface area contributed by atoms with Crippen LogP contribution < -0.4 is 5.43 Å². The molecule has 0 aliphatic heterocycles. The largest absolute Gasteiger partial charge is 0.411 e. The van der Waals surface area contributed by atoms with Gasteiger partial charge >= 0.3 is 0 Å². The van der Waals surface area contributed by atoms with E-state index in [9.17, 15) is 4.79 Å². The molecule has 0 bridgehead atoms. The second-order valence-corrected chi connectivity index (χ2v) is 4.34. The molecular weight excluding hydrogens is 292 g/mol. The summed E-state index contributed by atoms with van der Waals surface area (Å²) in [7, 11) is 0. The number of rotatable bonds is 4. The Morgan fingerprint density at radius 2 is 2.05 bits per heavy atom. The molecule has 0 saturated carbocycles. The summed E-state index contributed by atoms with van der Waals surface area (Å²) in [5.74, 6) is -0.404. The van der Waals surface area contributed by atoms with Gasteiger partial charge in [-0.15, -0.1) is 0 Å². The number of pyridine rings is 1. The molecule has 0 atom stereocenters. The Morgan fingerprint density at radius 3 is 2.71 bits per heavy atom. The van der Waals surface area contributed by atoms with E-state index in [1.807, 2.05) is 6.07 Å². The summed E-state index contributed by atoms with van der Waals surface area (Å²) in [5, 5.41) is 15.6. The predicted molar refractivity (Wildman–Crippen MR) is 80.1 cm³/mol. The number of hydrogen-bond donors (Lipinski definition) is 2. The van der Waals surface area contributed by atoms with Gasteiger partial charge in [-0.3, -0.25) is 9.78 Å². The van der Waals surface area contributed by atoms with Crippen molar-refractivity contribution >= 4 is 29.9 Å². The standard InChI is InChI=1S/C14H11ClN4O2/c15-13-4-2-1-3-10(13)8-17-19-14(20)11-5-6-12(9-18-21)16-7-11/h1-9,21H,(H,19,20)/b17-8+,18-9+. The SMILES string of the molecule is O=C(N/N=C/c1ccccc1Cl)c1ccc(/C=N/O)nc1. The summed E-state index contributed by atoms with van der Waals surface area (Å²) in [6, 6.07) is 10.2. The molecule has 106 valence electrons. The average molecular weight is 303 g/mol. The number of carbonyl (C=O) groups excluding carboxylic acids is 1. The van der Waals surface area contributed by atoms with Crippen molar-refractivity contribution in [1.29, 1.82) is 0 Å². The molecule has 0 aliphatic carbocycles. The third kappa shape index (κ3) is 4.12. The molecule has 2 N–H and O–H groups in total. The van der Waals surface area contributed by atoms with Crippen molar-refractivity contribution in [2.75, 3.05) is 0 Å². The molecule has 0 radical (unpaired) electrons. The van der Waals surface area contributed by atoms with Crippen molar-refractivity contribution in [2.45, 2.75) is 0 Å². The van der Waals surface area contributed by atoms with Crippen LogP contribution >= 0.6 is 11.6 Å². The number of oxime groups is 1. The van der Waals surface area contributed by atoms with Gasteiger partial charge in [0, 0.05) is 16.8 Å². The van der Waals surface area contributed by atoms with Crippen molar-refractivity contribution in [3.05, 3.63) is 64.4 Å². The molecule has 1 aromatic carbocycles. The van der Waals surface area contributed by atoms with Crippen LogP contribution in [-0.2, 0) is 0 Å². The maximum Gasteiger partial charge on any atom is 0.272 e. The topological polar surface area (TPSA) is 86.9 Å². The summed E-state index contributed by atoms with van der Waals surface area (Å²) in [6.45, 7) is 0. The predicted octanol–water partition coefficient (Wildman–Crippen LogP) is 2.31. The molecule has 0 unspecified atom stereocenters. The Morgan fingerprint density at radius 1 is 1.24 bits per heavy atom. The van der Waals surface area contributed by atoms with Crippen LogP contribution in [0, 0.1) is 0 Å². The van der Waals surface area contributed by atoms with Gasteiger partial charge in [0.1, 0.15) is 0 Å². The van der Waals surface area contributed by atoms with E-state index >= 15 is 0 Å².